The molecule has 8 heteroatoms. The van der Waals surface area contributed by atoms with Crippen molar-refractivity contribution in [2.75, 3.05) is 25.5 Å². The zero-order chi connectivity index (χ0) is 30.1. The molecule has 0 aliphatic carbocycles. The Balaban J connectivity index is 1.56. The Kier molecular flexibility index (Phi) is 8.25. The molecule has 2 saturated heterocycles. The SMILES string of the molecule is CC(C)(C)OC(=O)N1CCC[C@H]1c1cc(-c2cnc(N)c(-c3ccnc(C(C)(C)C#N)c3)c2)ccc1C1CCOCC1. The van der Waals surface area contributed by atoms with Crippen molar-refractivity contribution in [3.8, 4) is 28.3 Å². The fraction of sp³-hybridized carbons (Fsp3) is 0.471. The molecule has 2 aliphatic heterocycles. The lowest BCUT2D eigenvalue weighted by Crippen LogP contribution is -2.36. The van der Waals surface area contributed by atoms with Crippen LogP contribution < -0.4 is 5.73 Å². The molecule has 2 N–H and O–H groups in total. The summed E-state index contributed by atoms with van der Waals surface area (Å²) in [5.41, 5.74) is 11.8. The van der Waals surface area contributed by atoms with Crippen LogP contribution in [0.15, 0.2) is 48.8 Å². The molecule has 1 amide bonds. The van der Waals surface area contributed by atoms with Gasteiger partial charge in [-0.2, -0.15) is 5.26 Å². The topological polar surface area (TPSA) is 114 Å². The fourth-order valence-electron chi connectivity index (χ4n) is 5.91. The Labute approximate surface area is 248 Å². The van der Waals surface area contributed by atoms with Gasteiger partial charge in [0.05, 0.1) is 23.2 Å². The van der Waals surface area contributed by atoms with Gasteiger partial charge in [-0.1, -0.05) is 12.1 Å². The van der Waals surface area contributed by atoms with Gasteiger partial charge in [-0.3, -0.25) is 4.98 Å². The average molecular weight is 568 g/mol. The molecule has 2 fully saturated rings. The number of carbonyl (C=O) groups excluding carboxylic acids is 1. The zero-order valence-electron chi connectivity index (χ0n) is 25.3. The molecule has 3 aromatic rings. The third-order valence-corrected chi connectivity index (χ3v) is 8.23. The molecule has 2 aromatic heterocycles. The number of amides is 1. The van der Waals surface area contributed by atoms with Crippen molar-refractivity contribution in [3.05, 3.63) is 65.6 Å². The van der Waals surface area contributed by atoms with Crippen LogP contribution in [0.3, 0.4) is 0 Å². The predicted molar refractivity (Wildman–Crippen MR) is 164 cm³/mol. The molecular weight excluding hydrogens is 526 g/mol. The van der Waals surface area contributed by atoms with Crippen molar-refractivity contribution in [3.63, 3.8) is 0 Å². The lowest BCUT2D eigenvalue weighted by atomic mass is 9.83. The van der Waals surface area contributed by atoms with Crippen LogP contribution in [0.25, 0.3) is 22.3 Å². The van der Waals surface area contributed by atoms with E-state index in [2.05, 4.69) is 34.2 Å². The third kappa shape index (κ3) is 6.27. The fourth-order valence-corrected chi connectivity index (χ4v) is 5.91. The second-order valence-corrected chi connectivity index (χ2v) is 12.9. The monoisotopic (exact) mass is 567 g/mol. The number of nitrogens with zero attached hydrogens (tertiary/aromatic N) is 4. The summed E-state index contributed by atoms with van der Waals surface area (Å²) in [6, 6.07) is 14.7. The number of hydrogen-bond donors (Lipinski definition) is 1. The van der Waals surface area contributed by atoms with Crippen LogP contribution in [0.4, 0.5) is 10.6 Å². The summed E-state index contributed by atoms with van der Waals surface area (Å²) in [5, 5.41) is 9.63. The first-order chi connectivity index (χ1) is 20.0. The van der Waals surface area contributed by atoms with E-state index in [4.69, 9.17) is 15.2 Å². The highest BCUT2D eigenvalue weighted by Gasteiger charge is 2.35. The molecule has 8 nitrogen and oxygen atoms in total. The van der Waals surface area contributed by atoms with Crippen molar-refractivity contribution in [2.24, 2.45) is 0 Å². The van der Waals surface area contributed by atoms with E-state index >= 15 is 0 Å². The first-order valence-corrected chi connectivity index (χ1v) is 14.8. The molecule has 0 radical (unpaired) electrons. The van der Waals surface area contributed by atoms with Gasteiger partial charge in [0.15, 0.2) is 0 Å². The molecule has 4 heterocycles. The number of benzene rings is 1. The molecule has 0 saturated carbocycles. The Bertz CT molecular complexity index is 1500. The van der Waals surface area contributed by atoms with Crippen LogP contribution in [0.5, 0.6) is 0 Å². The number of anilines is 1. The second kappa shape index (κ2) is 11.7. The van der Waals surface area contributed by atoms with E-state index in [0.29, 0.717) is 24.0 Å². The van der Waals surface area contributed by atoms with E-state index < -0.39 is 11.0 Å². The minimum atomic E-state index is -0.730. The minimum Gasteiger partial charge on any atom is -0.444 e. The van der Waals surface area contributed by atoms with E-state index in [9.17, 15) is 10.1 Å². The van der Waals surface area contributed by atoms with Crippen LogP contribution in [0.1, 0.15) is 89.1 Å². The van der Waals surface area contributed by atoms with Gasteiger partial charge in [0.25, 0.3) is 0 Å². The first-order valence-electron chi connectivity index (χ1n) is 14.8. The maximum atomic E-state index is 13.3. The van der Waals surface area contributed by atoms with E-state index in [1.807, 2.05) is 57.7 Å². The highest BCUT2D eigenvalue weighted by atomic mass is 16.6. The highest BCUT2D eigenvalue weighted by Crippen LogP contribution is 2.42. The summed E-state index contributed by atoms with van der Waals surface area (Å²) in [7, 11) is 0. The summed E-state index contributed by atoms with van der Waals surface area (Å²) >= 11 is 0. The van der Waals surface area contributed by atoms with Crippen molar-refractivity contribution < 1.29 is 14.3 Å². The van der Waals surface area contributed by atoms with Crippen molar-refractivity contribution in [2.45, 2.75) is 83.3 Å². The largest absolute Gasteiger partial charge is 0.444 e. The molecule has 42 heavy (non-hydrogen) atoms. The molecule has 1 atom stereocenters. The summed E-state index contributed by atoms with van der Waals surface area (Å²) in [6.45, 7) is 11.6. The van der Waals surface area contributed by atoms with Crippen LogP contribution in [-0.4, -0.2) is 46.3 Å². The van der Waals surface area contributed by atoms with E-state index in [1.54, 1.807) is 12.4 Å². The van der Waals surface area contributed by atoms with Crippen LogP contribution in [0, 0.1) is 11.3 Å². The van der Waals surface area contributed by atoms with Crippen molar-refractivity contribution in [1.29, 1.82) is 5.26 Å². The van der Waals surface area contributed by atoms with Gasteiger partial charge in [-0.25, -0.2) is 9.78 Å². The van der Waals surface area contributed by atoms with E-state index in [-0.39, 0.29) is 12.1 Å². The summed E-state index contributed by atoms with van der Waals surface area (Å²) in [4.78, 5) is 24.2. The standard InChI is InChI=1S/C34H41N5O3/c1-33(2,3)42-32(40)39-14-6-7-29(39)28-17-23(8-9-26(28)22-11-15-41-16-12-22)25-18-27(31(36)38-20-25)24-10-13-37-30(19-24)34(4,5)21-35/h8-10,13,17-20,22,29H,6-7,11-12,14-16H2,1-5H3,(H2,36,38)/t29-/m0/s1. The Hall–Kier alpha value is -3.96. The zero-order valence-corrected chi connectivity index (χ0v) is 25.3. The van der Waals surface area contributed by atoms with E-state index in [0.717, 1.165) is 61.2 Å². The number of ether oxygens (including phenoxy) is 2. The van der Waals surface area contributed by atoms with Gasteiger partial charge in [0.1, 0.15) is 11.4 Å². The lowest BCUT2D eigenvalue weighted by Gasteiger charge is -2.32. The maximum absolute atomic E-state index is 13.3. The lowest BCUT2D eigenvalue weighted by molar-refractivity contribution is 0.0222. The molecule has 1 aromatic carbocycles. The second-order valence-electron chi connectivity index (χ2n) is 12.9. The highest BCUT2D eigenvalue weighted by molar-refractivity contribution is 5.80. The third-order valence-electron chi connectivity index (χ3n) is 8.23. The van der Waals surface area contributed by atoms with Crippen LogP contribution >= 0.6 is 0 Å². The molecular formula is C34H41N5O3. The molecule has 0 bridgehead atoms. The number of nitrogens with two attached hydrogens (primary N) is 1. The number of nitrogen functional groups attached to an aromatic ring is 1. The van der Waals surface area contributed by atoms with Gasteiger partial charge in [-0.15, -0.1) is 0 Å². The van der Waals surface area contributed by atoms with Gasteiger partial charge >= 0.3 is 6.09 Å². The Morgan fingerprint density at radius 2 is 1.76 bits per heavy atom. The number of carbonyl (C=O) groups is 1. The Morgan fingerprint density at radius 1 is 1.00 bits per heavy atom. The molecule has 220 valence electrons. The van der Waals surface area contributed by atoms with Gasteiger partial charge < -0.3 is 20.1 Å². The summed E-state index contributed by atoms with van der Waals surface area (Å²) in [6.07, 6.45) is 6.98. The number of likely N-dealkylation sites (tertiary alicyclic amines) is 1. The van der Waals surface area contributed by atoms with Crippen molar-refractivity contribution >= 4 is 11.9 Å². The normalized spacial score (nSPS) is 18.1. The minimum absolute atomic E-state index is 0.0603. The van der Waals surface area contributed by atoms with Crippen LogP contribution in [-0.2, 0) is 14.9 Å². The summed E-state index contributed by atoms with van der Waals surface area (Å²) < 4.78 is 11.5. The number of nitriles is 1. The average Bonchev–Trinajstić information content (AvgIpc) is 3.47. The molecule has 0 unspecified atom stereocenters. The first kappa shape index (κ1) is 29.5. The van der Waals surface area contributed by atoms with Gasteiger partial charge in [-0.05, 0) is 113 Å². The number of hydrogen-bond acceptors (Lipinski definition) is 7. The van der Waals surface area contributed by atoms with Crippen molar-refractivity contribution in [1.82, 2.24) is 14.9 Å². The van der Waals surface area contributed by atoms with Crippen LogP contribution in [0.2, 0.25) is 0 Å². The predicted octanol–water partition coefficient (Wildman–Crippen LogP) is 7.16. The molecule has 0 spiro atoms. The van der Waals surface area contributed by atoms with Gasteiger partial charge in [0.2, 0.25) is 0 Å². The Morgan fingerprint density at radius 3 is 2.48 bits per heavy atom. The quantitative estimate of drug-likeness (QED) is 0.348. The number of aromatic nitrogens is 2. The summed E-state index contributed by atoms with van der Waals surface area (Å²) in [5.74, 6) is 0.791. The van der Waals surface area contributed by atoms with E-state index in [1.165, 1.54) is 11.1 Å². The van der Waals surface area contributed by atoms with Gasteiger partial charge in [0, 0.05) is 43.3 Å². The number of pyridine rings is 2. The molecule has 2 aliphatic rings. The molecule has 5 rings (SSSR count). The maximum Gasteiger partial charge on any atom is 0.410 e. The smallest absolute Gasteiger partial charge is 0.410 e. The number of rotatable bonds is 5.